The van der Waals surface area contributed by atoms with Gasteiger partial charge in [-0.3, -0.25) is 4.79 Å². The van der Waals surface area contributed by atoms with Crippen molar-refractivity contribution in [2.24, 2.45) is 0 Å². The molecule has 4 heteroatoms. The van der Waals surface area contributed by atoms with Gasteiger partial charge < -0.3 is 4.42 Å². The van der Waals surface area contributed by atoms with E-state index in [0.717, 1.165) is 0 Å². The summed E-state index contributed by atoms with van der Waals surface area (Å²) in [6.07, 6.45) is 0. The fraction of sp³-hybridized carbons (Fsp3) is 0. The van der Waals surface area contributed by atoms with E-state index in [2.05, 4.69) is 0 Å². The Bertz CT molecular complexity index is 858. The topological polar surface area (TPSA) is 54.0 Å². The fourth-order valence-corrected chi connectivity index (χ4v) is 2.00. The third-order valence-corrected chi connectivity index (χ3v) is 2.96. The maximum atomic E-state index is 13.1. The molecule has 0 unspecified atom stereocenters. The van der Waals surface area contributed by atoms with Gasteiger partial charge in [0.1, 0.15) is 11.4 Å². The Morgan fingerprint density at radius 2 is 2.00 bits per heavy atom. The first-order valence-corrected chi connectivity index (χ1v) is 5.91. The highest BCUT2D eigenvalue weighted by Gasteiger charge is 2.15. The van der Waals surface area contributed by atoms with Gasteiger partial charge in [-0.1, -0.05) is 12.1 Å². The van der Waals surface area contributed by atoms with E-state index in [1.807, 2.05) is 6.07 Å². The highest BCUT2D eigenvalue weighted by Crippen LogP contribution is 2.22. The summed E-state index contributed by atoms with van der Waals surface area (Å²) in [5.74, 6) is -0.594. The molecule has 2 aromatic carbocycles. The third-order valence-electron chi connectivity index (χ3n) is 2.96. The highest BCUT2D eigenvalue weighted by molar-refractivity contribution is 6.09. The molecule has 3 aromatic rings. The maximum absolute atomic E-state index is 13.1. The van der Waals surface area contributed by atoms with Crippen LogP contribution >= 0.6 is 0 Å². The van der Waals surface area contributed by atoms with Gasteiger partial charge in [0.2, 0.25) is 5.78 Å². The van der Waals surface area contributed by atoms with E-state index in [0.29, 0.717) is 22.1 Å². The number of hydrogen-bond donors (Lipinski definition) is 0. The van der Waals surface area contributed by atoms with Crippen molar-refractivity contribution in [2.75, 3.05) is 0 Å². The van der Waals surface area contributed by atoms with Crippen LogP contribution in [0.15, 0.2) is 52.9 Å². The lowest BCUT2D eigenvalue weighted by Crippen LogP contribution is -1.99. The van der Waals surface area contributed by atoms with Crippen molar-refractivity contribution in [1.29, 1.82) is 5.26 Å². The number of halogens is 1. The van der Waals surface area contributed by atoms with Crippen molar-refractivity contribution in [3.63, 3.8) is 0 Å². The summed E-state index contributed by atoms with van der Waals surface area (Å²) in [6.45, 7) is 0. The van der Waals surface area contributed by atoms with E-state index in [9.17, 15) is 9.18 Å². The molecular weight excluding hydrogens is 257 g/mol. The number of furan rings is 1. The molecule has 0 bridgehead atoms. The molecule has 0 aliphatic carbocycles. The molecule has 20 heavy (non-hydrogen) atoms. The van der Waals surface area contributed by atoms with E-state index in [1.165, 1.54) is 30.3 Å². The molecule has 96 valence electrons. The number of nitriles is 1. The van der Waals surface area contributed by atoms with Crippen LogP contribution in [-0.2, 0) is 0 Å². The van der Waals surface area contributed by atoms with Crippen molar-refractivity contribution in [3.8, 4) is 6.07 Å². The van der Waals surface area contributed by atoms with Gasteiger partial charge >= 0.3 is 0 Å². The number of fused-ring (bicyclic) bond motifs is 1. The Morgan fingerprint density at radius 3 is 2.80 bits per heavy atom. The summed E-state index contributed by atoms with van der Waals surface area (Å²) in [7, 11) is 0. The summed E-state index contributed by atoms with van der Waals surface area (Å²) < 4.78 is 18.5. The van der Waals surface area contributed by atoms with Crippen LogP contribution in [-0.4, -0.2) is 5.78 Å². The molecule has 0 spiro atoms. The number of carbonyl (C=O) groups is 1. The van der Waals surface area contributed by atoms with Crippen LogP contribution in [0.1, 0.15) is 21.7 Å². The zero-order valence-electron chi connectivity index (χ0n) is 10.3. The smallest absolute Gasteiger partial charge is 0.228 e. The minimum atomic E-state index is -0.385. The predicted octanol–water partition coefficient (Wildman–Crippen LogP) is 3.67. The minimum absolute atomic E-state index is 0.126. The van der Waals surface area contributed by atoms with E-state index < -0.39 is 0 Å². The lowest BCUT2D eigenvalue weighted by atomic mass is 10.1. The summed E-state index contributed by atoms with van der Waals surface area (Å²) in [5, 5.41) is 9.37. The van der Waals surface area contributed by atoms with Crippen LogP contribution in [0, 0.1) is 17.1 Å². The van der Waals surface area contributed by atoms with E-state index in [4.69, 9.17) is 9.68 Å². The lowest BCUT2D eigenvalue weighted by Gasteiger charge is -1.97. The molecule has 0 atom stereocenters. The first-order chi connectivity index (χ1) is 9.67. The first-order valence-electron chi connectivity index (χ1n) is 5.91. The zero-order chi connectivity index (χ0) is 14.1. The molecule has 0 aliphatic heterocycles. The van der Waals surface area contributed by atoms with Gasteiger partial charge in [0.05, 0.1) is 11.6 Å². The van der Waals surface area contributed by atoms with Crippen molar-refractivity contribution >= 4 is 16.8 Å². The summed E-state index contributed by atoms with van der Waals surface area (Å²) in [4.78, 5) is 12.3. The number of carbonyl (C=O) groups excluding carboxylic acids is 1. The van der Waals surface area contributed by atoms with E-state index >= 15 is 0 Å². The second kappa shape index (κ2) is 4.63. The number of rotatable bonds is 2. The molecule has 3 nitrogen and oxygen atoms in total. The standard InChI is InChI=1S/C16H8FNO2/c17-13-4-5-14-12(7-13)8-15(20-14)16(19)11-3-1-2-10(6-11)9-18/h1-8H. The van der Waals surface area contributed by atoms with Crippen molar-refractivity contribution in [3.05, 3.63) is 71.2 Å². The van der Waals surface area contributed by atoms with Crippen LogP contribution in [0.3, 0.4) is 0 Å². The number of hydrogen-bond acceptors (Lipinski definition) is 3. The van der Waals surface area contributed by atoms with E-state index in [-0.39, 0.29) is 17.4 Å². The van der Waals surface area contributed by atoms with Crippen LogP contribution in [0.4, 0.5) is 4.39 Å². The molecule has 0 fully saturated rings. The summed E-state index contributed by atoms with van der Waals surface area (Å²) in [6, 6.07) is 13.9. The van der Waals surface area contributed by atoms with Crippen LogP contribution in [0.5, 0.6) is 0 Å². The third kappa shape index (κ3) is 2.06. The van der Waals surface area contributed by atoms with Gasteiger partial charge in [-0.05, 0) is 36.4 Å². The average molecular weight is 265 g/mol. The molecule has 1 heterocycles. The molecule has 0 saturated carbocycles. The van der Waals surface area contributed by atoms with E-state index in [1.54, 1.807) is 18.2 Å². The fourth-order valence-electron chi connectivity index (χ4n) is 2.00. The second-order valence-corrected chi connectivity index (χ2v) is 4.31. The molecular formula is C16H8FNO2. The van der Waals surface area contributed by atoms with Crippen molar-refractivity contribution in [2.45, 2.75) is 0 Å². The van der Waals surface area contributed by atoms with Gasteiger partial charge in [-0.15, -0.1) is 0 Å². The summed E-state index contributed by atoms with van der Waals surface area (Å²) in [5.41, 5.74) is 1.22. The van der Waals surface area contributed by atoms with Crippen LogP contribution in [0.25, 0.3) is 11.0 Å². The quantitative estimate of drug-likeness (QED) is 0.664. The molecule has 0 N–H and O–H groups in total. The number of ketones is 1. The van der Waals surface area contributed by atoms with Gasteiger partial charge in [0.25, 0.3) is 0 Å². The van der Waals surface area contributed by atoms with Gasteiger partial charge in [0.15, 0.2) is 5.76 Å². The molecule has 0 radical (unpaired) electrons. The van der Waals surface area contributed by atoms with Crippen LogP contribution in [0.2, 0.25) is 0 Å². The van der Waals surface area contributed by atoms with Crippen LogP contribution < -0.4 is 0 Å². The molecule has 0 aliphatic rings. The van der Waals surface area contributed by atoms with Gasteiger partial charge in [0, 0.05) is 10.9 Å². The Hall–Kier alpha value is -2.93. The Balaban J connectivity index is 2.06. The normalized spacial score (nSPS) is 10.4. The second-order valence-electron chi connectivity index (χ2n) is 4.31. The Kier molecular flexibility index (Phi) is 2.81. The van der Waals surface area contributed by atoms with Gasteiger partial charge in [-0.25, -0.2) is 4.39 Å². The average Bonchev–Trinajstić information content (AvgIpc) is 2.89. The largest absolute Gasteiger partial charge is 0.453 e. The molecule has 0 amide bonds. The molecule has 0 saturated heterocycles. The SMILES string of the molecule is N#Cc1cccc(C(=O)c2cc3cc(F)ccc3o2)c1. The molecule has 3 rings (SSSR count). The Morgan fingerprint density at radius 1 is 1.15 bits per heavy atom. The predicted molar refractivity (Wildman–Crippen MR) is 70.8 cm³/mol. The first kappa shape index (κ1) is 12.1. The molecule has 1 aromatic heterocycles. The van der Waals surface area contributed by atoms with Gasteiger partial charge in [-0.2, -0.15) is 5.26 Å². The number of benzene rings is 2. The van der Waals surface area contributed by atoms with Crippen molar-refractivity contribution in [1.82, 2.24) is 0 Å². The highest BCUT2D eigenvalue weighted by atomic mass is 19.1. The number of nitrogens with zero attached hydrogens (tertiary/aromatic N) is 1. The monoisotopic (exact) mass is 265 g/mol. The Labute approximate surface area is 113 Å². The summed E-state index contributed by atoms with van der Waals surface area (Å²) >= 11 is 0. The zero-order valence-corrected chi connectivity index (χ0v) is 10.3. The minimum Gasteiger partial charge on any atom is -0.453 e. The van der Waals surface area contributed by atoms with Crippen molar-refractivity contribution < 1.29 is 13.6 Å². The lowest BCUT2D eigenvalue weighted by molar-refractivity contribution is 0.101. The maximum Gasteiger partial charge on any atom is 0.228 e.